The van der Waals surface area contributed by atoms with Crippen LogP contribution in [0.3, 0.4) is 0 Å². The standard InChI is InChI=1S/C40H66N6O5/c1-23(2)25(5)35(7)17-18-37(9)27-13-14-30-36(8)20-50-22-40(30,28(27)15-16-38(37,10)31(35)33(48)49)19-29(46-34(42-26(6)47)43-44-45-46)32(36)51-21-39(11,41-12)24(3)4/h15,23-25,27,29-32,41H,13-14,16-22H2,1-12H3,(H,48,49)(H,42,43,45,47)/t25-,27+,29-,30+,31?,32+,35-,36+,37-,38+,39+,40+/m1/s1. The normalized spacial score (nSPS) is 42.2. The van der Waals surface area contributed by atoms with Crippen LogP contribution in [0.4, 0.5) is 5.95 Å². The Hall–Kier alpha value is -2.37. The second-order valence-electron chi connectivity index (χ2n) is 19.3. The molecule has 286 valence electrons. The molecule has 1 unspecified atom stereocenters. The minimum Gasteiger partial charge on any atom is -0.481 e. The number of carbonyl (C=O) groups excluding carboxylic acids is 1. The average molecular weight is 711 g/mol. The number of ether oxygens (including phenoxy) is 2. The summed E-state index contributed by atoms with van der Waals surface area (Å²) < 4.78 is 15.7. The minimum absolute atomic E-state index is 0.186. The quantitative estimate of drug-likeness (QED) is 0.224. The van der Waals surface area contributed by atoms with Crippen LogP contribution < -0.4 is 10.6 Å². The summed E-state index contributed by atoms with van der Waals surface area (Å²) in [6.45, 7) is 25.9. The van der Waals surface area contributed by atoms with Crippen LogP contribution in [0.1, 0.15) is 121 Å². The molecule has 11 nitrogen and oxygen atoms in total. The molecule has 4 aliphatic carbocycles. The van der Waals surface area contributed by atoms with Crippen molar-refractivity contribution in [2.45, 2.75) is 132 Å². The fraction of sp³-hybridized carbons (Fsp3) is 0.875. The lowest BCUT2D eigenvalue weighted by Crippen LogP contribution is -2.69. The van der Waals surface area contributed by atoms with Crippen LogP contribution >= 0.6 is 0 Å². The van der Waals surface area contributed by atoms with Gasteiger partial charge in [0.1, 0.15) is 0 Å². The molecular formula is C40H66N6O5. The van der Waals surface area contributed by atoms with Gasteiger partial charge in [0.25, 0.3) is 0 Å². The molecule has 2 bridgehead atoms. The van der Waals surface area contributed by atoms with E-state index in [4.69, 9.17) is 9.47 Å². The third kappa shape index (κ3) is 5.47. The van der Waals surface area contributed by atoms with E-state index < -0.39 is 17.3 Å². The van der Waals surface area contributed by atoms with Gasteiger partial charge in [0, 0.05) is 23.3 Å². The van der Waals surface area contributed by atoms with Gasteiger partial charge in [-0.3, -0.25) is 14.9 Å². The molecule has 0 spiro atoms. The van der Waals surface area contributed by atoms with Crippen LogP contribution in [0.5, 0.6) is 0 Å². The first-order valence-electron chi connectivity index (χ1n) is 19.6. The lowest BCUT2D eigenvalue weighted by molar-refractivity contribution is -0.253. The minimum atomic E-state index is -0.646. The SMILES string of the molecule is CN[C@@](C)(CO[C@H]1[C@H](n2nnnc2NC(C)=O)C[C@@]23COC[C@@]1(C)[C@@H]2CC[C@H]1C3=CC[C@@]2(C)C(C(=O)O)[C@@](C)([C@H](C)C(C)C)CC[C@]12C)C(C)C. The monoisotopic (exact) mass is 711 g/mol. The Bertz CT molecular complexity index is 1540. The van der Waals surface area contributed by atoms with Gasteiger partial charge < -0.3 is 19.9 Å². The lowest BCUT2D eigenvalue weighted by Gasteiger charge is -2.71. The molecule has 1 aromatic heterocycles. The molecule has 3 saturated carbocycles. The van der Waals surface area contributed by atoms with Gasteiger partial charge in [-0.15, -0.1) is 0 Å². The molecule has 2 heterocycles. The number of nitrogens with one attached hydrogen (secondary N) is 2. The Balaban J connectivity index is 1.47. The van der Waals surface area contributed by atoms with Crippen molar-refractivity contribution < 1.29 is 24.2 Å². The van der Waals surface area contributed by atoms with Gasteiger partial charge in [0.05, 0.1) is 37.9 Å². The molecule has 1 saturated heterocycles. The number of anilines is 1. The first-order valence-corrected chi connectivity index (χ1v) is 19.6. The van der Waals surface area contributed by atoms with Gasteiger partial charge in [-0.2, -0.15) is 0 Å². The maximum Gasteiger partial charge on any atom is 0.307 e. The van der Waals surface area contributed by atoms with E-state index in [1.54, 1.807) is 4.68 Å². The maximum atomic E-state index is 13.5. The Morgan fingerprint density at radius 1 is 1.10 bits per heavy atom. The summed E-state index contributed by atoms with van der Waals surface area (Å²) in [4.78, 5) is 25.8. The summed E-state index contributed by atoms with van der Waals surface area (Å²) in [5.74, 6) is 0.592. The number of aliphatic carboxylic acids is 1. The van der Waals surface area contributed by atoms with Crippen LogP contribution in [-0.4, -0.2) is 75.7 Å². The van der Waals surface area contributed by atoms with Gasteiger partial charge >= 0.3 is 5.97 Å². The largest absolute Gasteiger partial charge is 0.481 e. The van der Waals surface area contributed by atoms with E-state index in [1.807, 2.05) is 7.05 Å². The first-order chi connectivity index (χ1) is 23.8. The number of rotatable bonds is 10. The maximum absolute atomic E-state index is 13.5. The number of nitrogens with zero attached hydrogens (tertiary/aromatic N) is 4. The zero-order chi connectivity index (χ0) is 37.5. The molecule has 0 aromatic carbocycles. The Kier molecular flexibility index (Phi) is 9.70. The van der Waals surface area contributed by atoms with Crippen LogP contribution in [0.2, 0.25) is 0 Å². The highest BCUT2D eigenvalue weighted by Crippen LogP contribution is 2.75. The Labute approximate surface area is 305 Å². The smallest absolute Gasteiger partial charge is 0.307 e. The van der Waals surface area contributed by atoms with Gasteiger partial charge in [-0.05, 0) is 109 Å². The Morgan fingerprint density at radius 2 is 1.80 bits per heavy atom. The number of hydrogen-bond acceptors (Lipinski definition) is 8. The number of fused-ring (bicyclic) bond motifs is 3. The predicted molar refractivity (Wildman–Crippen MR) is 197 cm³/mol. The van der Waals surface area contributed by atoms with Gasteiger partial charge in [-0.1, -0.05) is 79.1 Å². The molecule has 51 heavy (non-hydrogen) atoms. The van der Waals surface area contributed by atoms with E-state index in [2.05, 4.69) is 101 Å². The van der Waals surface area contributed by atoms with Crippen molar-refractivity contribution in [1.29, 1.82) is 0 Å². The summed E-state index contributed by atoms with van der Waals surface area (Å²) >= 11 is 0. The zero-order valence-electron chi connectivity index (χ0n) is 33.4. The summed E-state index contributed by atoms with van der Waals surface area (Å²) in [6, 6.07) is -0.255. The van der Waals surface area contributed by atoms with Crippen LogP contribution in [0, 0.1) is 62.6 Å². The molecule has 12 atom stereocenters. The van der Waals surface area contributed by atoms with Crippen LogP contribution in [0.15, 0.2) is 11.6 Å². The predicted octanol–water partition coefficient (Wildman–Crippen LogP) is 6.78. The average Bonchev–Trinajstić information content (AvgIpc) is 3.50. The number of tetrazole rings is 1. The van der Waals surface area contributed by atoms with Crippen molar-refractivity contribution in [1.82, 2.24) is 25.5 Å². The second-order valence-corrected chi connectivity index (χ2v) is 19.3. The fourth-order valence-electron chi connectivity index (χ4n) is 12.6. The molecule has 3 N–H and O–H groups in total. The second kappa shape index (κ2) is 12.9. The topological polar surface area (TPSA) is 140 Å². The first kappa shape index (κ1) is 38.4. The molecule has 11 heteroatoms. The van der Waals surface area contributed by atoms with Crippen LogP contribution in [0.25, 0.3) is 0 Å². The molecule has 4 fully saturated rings. The van der Waals surface area contributed by atoms with E-state index >= 15 is 0 Å². The van der Waals surface area contributed by atoms with E-state index in [0.717, 1.165) is 32.1 Å². The number of allylic oxidation sites excluding steroid dienone is 1. The number of likely N-dealkylation sites (N-methyl/N-ethyl adjacent to an activating group) is 1. The van der Waals surface area contributed by atoms with Crippen molar-refractivity contribution in [3.63, 3.8) is 0 Å². The van der Waals surface area contributed by atoms with E-state index in [1.165, 1.54) is 12.5 Å². The fourth-order valence-corrected chi connectivity index (χ4v) is 12.6. The number of carbonyl (C=O) groups is 2. The van der Waals surface area contributed by atoms with Crippen molar-refractivity contribution in [3.8, 4) is 0 Å². The molecule has 1 aromatic rings. The van der Waals surface area contributed by atoms with Crippen molar-refractivity contribution >= 4 is 17.8 Å². The van der Waals surface area contributed by atoms with Gasteiger partial charge in [0.2, 0.25) is 11.9 Å². The summed E-state index contributed by atoms with van der Waals surface area (Å²) in [5.41, 5.74) is -0.324. The van der Waals surface area contributed by atoms with Crippen LogP contribution in [-0.2, 0) is 19.1 Å². The molecule has 1 aliphatic heterocycles. The number of carboxylic acid groups (broad SMARTS) is 1. The molecule has 1 amide bonds. The third-order valence-electron chi connectivity index (χ3n) is 16.6. The van der Waals surface area contributed by atoms with E-state index in [0.29, 0.717) is 49.9 Å². The summed E-state index contributed by atoms with van der Waals surface area (Å²) in [7, 11) is 1.99. The van der Waals surface area contributed by atoms with E-state index in [9.17, 15) is 14.7 Å². The molecule has 6 rings (SSSR count). The summed E-state index contributed by atoms with van der Waals surface area (Å²) in [5, 5.41) is 30.3. The number of amides is 1. The highest BCUT2D eigenvalue weighted by molar-refractivity contribution is 5.86. The van der Waals surface area contributed by atoms with Crippen molar-refractivity contribution in [2.75, 3.05) is 32.2 Å². The Morgan fingerprint density at radius 3 is 2.41 bits per heavy atom. The van der Waals surface area contributed by atoms with E-state index in [-0.39, 0.29) is 57.1 Å². The van der Waals surface area contributed by atoms with Crippen molar-refractivity contribution in [3.05, 3.63) is 11.6 Å². The number of carboxylic acids is 1. The zero-order valence-corrected chi connectivity index (χ0v) is 33.4. The van der Waals surface area contributed by atoms with Gasteiger partial charge in [0.15, 0.2) is 0 Å². The third-order valence-corrected chi connectivity index (χ3v) is 16.6. The molecule has 5 aliphatic rings. The highest BCUT2D eigenvalue weighted by Gasteiger charge is 2.72. The summed E-state index contributed by atoms with van der Waals surface area (Å²) in [6.07, 6.45) is 7.62. The number of aromatic nitrogens is 4. The molecular weight excluding hydrogens is 644 g/mol. The molecule has 0 radical (unpaired) electrons. The van der Waals surface area contributed by atoms with Crippen molar-refractivity contribution in [2.24, 2.45) is 62.6 Å². The van der Waals surface area contributed by atoms with Gasteiger partial charge in [-0.25, -0.2) is 4.68 Å². The number of hydrogen-bond donors (Lipinski definition) is 3. The lowest BCUT2D eigenvalue weighted by atomic mass is 9.34. The highest BCUT2D eigenvalue weighted by atomic mass is 16.5.